The summed E-state index contributed by atoms with van der Waals surface area (Å²) in [5, 5.41) is 3.35. The molecule has 1 aliphatic heterocycles. The van der Waals surface area contributed by atoms with Crippen LogP contribution in [0.1, 0.15) is 38.3 Å². The molecule has 1 aromatic carbocycles. The minimum atomic E-state index is 0.0776. The minimum Gasteiger partial charge on any atom is -0.334 e. The van der Waals surface area contributed by atoms with E-state index in [0.29, 0.717) is 6.42 Å². The third kappa shape index (κ3) is 3.33. The molecule has 1 amide bonds. The molecular weight excluding hydrogens is 224 g/mol. The second kappa shape index (κ2) is 5.11. The van der Waals surface area contributed by atoms with Crippen LogP contribution in [0.3, 0.4) is 0 Å². The van der Waals surface area contributed by atoms with E-state index in [0.717, 1.165) is 19.6 Å². The highest BCUT2D eigenvalue weighted by molar-refractivity contribution is 5.77. The molecule has 0 saturated heterocycles. The van der Waals surface area contributed by atoms with Gasteiger partial charge in [0.2, 0.25) is 5.91 Å². The summed E-state index contributed by atoms with van der Waals surface area (Å²) in [7, 11) is 0. The number of carbonyl (C=O) groups is 1. The Morgan fingerprint density at radius 3 is 2.28 bits per heavy atom. The number of fused-ring (bicyclic) bond motifs is 1. The van der Waals surface area contributed by atoms with Crippen molar-refractivity contribution >= 4 is 5.91 Å². The molecule has 0 fully saturated rings. The molecule has 0 saturated carbocycles. The number of hydrogen-bond acceptors (Lipinski definition) is 2. The molecular formula is C15H22N2O. The van der Waals surface area contributed by atoms with Crippen LogP contribution in [0.25, 0.3) is 0 Å². The van der Waals surface area contributed by atoms with Gasteiger partial charge in [-0.25, -0.2) is 0 Å². The quantitative estimate of drug-likeness (QED) is 0.887. The first kappa shape index (κ1) is 13.1. The van der Waals surface area contributed by atoms with Gasteiger partial charge in [-0.3, -0.25) is 4.79 Å². The summed E-state index contributed by atoms with van der Waals surface area (Å²) in [6.45, 7) is 8.62. The Morgan fingerprint density at radius 1 is 1.22 bits per heavy atom. The van der Waals surface area contributed by atoms with Crippen molar-refractivity contribution in [2.24, 2.45) is 0 Å². The van der Waals surface area contributed by atoms with Crippen molar-refractivity contribution < 1.29 is 4.79 Å². The molecule has 3 heteroatoms. The Hall–Kier alpha value is -1.35. The third-order valence-electron chi connectivity index (χ3n) is 3.19. The number of benzene rings is 1. The first-order valence-corrected chi connectivity index (χ1v) is 6.55. The van der Waals surface area contributed by atoms with Crippen molar-refractivity contribution in [3.05, 3.63) is 35.4 Å². The SMILES string of the molecule is CC(C)(C)NCCC(=O)N1Cc2ccccc2C1. The molecule has 1 heterocycles. The number of amides is 1. The number of nitrogens with zero attached hydrogens (tertiary/aromatic N) is 1. The van der Waals surface area contributed by atoms with Crippen molar-refractivity contribution in [1.29, 1.82) is 0 Å². The van der Waals surface area contributed by atoms with E-state index in [9.17, 15) is 4.79 Å². The second-order valence-corrected chi connectivity index (χ2v) is 5.95. The number of carbonyl (C=O) groups excluding carboxylic acids is 1. The van der Waals surface area contributed by atoms with Crippen LogP contribution in [0.4, 0.5) is 0 Å². The molecule has 18 heavy (non-hydrogen) atoms. The van der Waals surface area contributed by atoms with Crippen LogP contribution < -0.4 is 5.32 Å². The number of hydrogen-bond donors (Lipinski definition) is 1. The predicted octanol–water partition coefficient (Wildman–Crippen LogP) is 2.31. The standard InChI is InChI=1S/C15H22N2O/c1-15(2,3)16-9-8-14(18)17-10-12-6-4-5-7-13(12)11-17/h4-7,16H,8-11H2,1-3H3. The van der Waals surface area contributed by atoms with Gasteiger partial charge in [0, 0.05) is 31.6 Å². The fourth-order valence-corrected chi connectivity index (χ4v) is 2.21. The summed E-state index contributed by atoms with van der Waals surface area (Å²) in [4.78, 5) is 14.0. The highest BCUT2D eigenvalue weighted by Gasteiger charge is 2.22. The average Bonchev–Trinajstić information content (AvgIpc) is 2.70. The molecule has 0 radical (unpaired) electrons. The molecule has 0 bridgehead atoms. The van der Waals surface area contributed by atoms with Gasteiger partial charge >= 0.3 is 0 Å². The molecule has 1 N–H and O–H groups in total. The lowest BCUT2D eigenvalue weighted by Gasteiger charge is -2.21. The average molecular weight is 246 g/mol. The first-order chi connectivity index (χ1) is 8.46. The summed E-state index contributed by atoms with van der Waals surface area (Å²) in [5.74, 6) is 0.239. The lowest BCUT2D eigenvalue weighted by atomic mass is 10.1. The Bertz CT molecular complexity index is 409. The fourth-order valence-electron chi connectivity index (χ4n) is 2.21. The molecule has 0 aromatic heterocycles. The van der Waals surface area contributed by atoms with Crippen LogP contribution in [0.2, 0.25) is 0 Å². The van der Waals surface area contributed by atoms with Crippen LogP contribution in [-0.4, -0.2) is 22.9 Å². The van der Waals surface area contributed by atoms with Gasteiger partial charge in [-0.1, -0.05) is 24.3 Å². The number of nitrogens with one attached hydrogen (secondary N) is 1. The summed E-state index contributed by atoms with van der Waals surface area (Å²) in [6, 6.07) is 8.29. The first-order valence-electron chi connectivity index (χ1n) is 6.55. The predicted molar refractivity (Wildman–Crippen MR) is 73.1 cm³/mol. The second-order valence-electron chi connectivity index (χ2n) is 5.95. The van der Waals surface area contributed by atoms with Crippen LogP contribution >= 0.6 is 0 Å². The largest absolute Gasteiger partial charge is 0.334 e. The zero-order valence-corrected chi connectivity index (χ0v) is 11.5. The summed E-state index contributed by atoms with van der Waals surface area (Å²) >= 11 is 0. The normalized spacial score (nSPS) is 14.7. The summed E-state index contributed by atoms with van der Waals surface area (Å²) in [6.07, 6.45) is 0.575. The van der Waals surface area contributed by atoms with Gasteiger partial charge in [0.1, 0.15) is 0 Å². The monoisotopic (exact) mass is 246 g/mol. The van der Waals surface area contributed by atoms with Gasteiger partial charge in [0.15, 0.2) is 0 Å². The zero-order valence-electron chi connectivity index (χ0n) is 11.5. The lowest BCUT2D eigenvalue weighted by molar-refractivity contribution is -0.131. The Labute approximate surface area is 109 Å². The Balaban J connectivity index is 1.83. The van der Waals surface area contributed by atoms with Gasteiger partial charge < -0.3 is 10.2 Å². The Morgan fingerprint density at radius 2 is 1.78 bits per heavy atom. The van der Waals surface area contributed by atoms with E-state index in [1.54, 1.807) is 0 Å². The van der Waals surface area contributed by atoms with Crippen molar-refractivity contribution in [3.63, 3.8) is 0 Å². The van der Waals surface area contributed by atoms with E-state index in [4.69, 9.17) is 0 Å². The molecule has 0 unspecified atom stereocenters. The van der Waals surface area contributed by atoms with Crippen molar-refractivity contribution in [2.75, 3.05) is 6.54 Å². The zero-order chi connectivity index (χ0) is 13.2. The van der Waals surface area contributed by atoms with Gasteiger partial charge in [0.25, 0.3) is 0 Å². The smallest absolute Gasteiger partial charge is 0.224 e. The number of rotatable bonds is 3. The molecule has 2 rings (SSSR count). The Kier molecular flexibility index (Phi) is 3.71. The molecule has 1 aromatic rings. The minimum absolute atomic E-state index is 0.0776. The van der Waals surface area contributed by atoms with Crippen molar-refractivity contribution in [3.8, 4) is 0 Å². The molecule has 98 valence electrons. The van der Waals surface area contributed by atoms with E-state index in [1.165, 1.54) is 11.1 Å². The van der Waals surface area contributed by atoms with E-state index in [1.807, 2.05) is 17.0 Å². The maximum absolute atomic E-state index is 12.1. The fraction of sp³-hybridized carbons (Fsp3) is 0.533. The molecule has 3 nitrogen and oxygen atoms in total. The molecule has 0 atom stereocenters. The van der Waals surface area contributed by atoms with Crippen molar-refractivity contribution in [2.45, 2.75) is 45.8 Å². The molecule has 1 aliphatic rings. The van der Waals surface area contributed by atoms with Gasteiger partial charge in [-0.15, -0.1) is 0 Å². The highest BCUT2D eigenvalue weighted by atomic mass is 16.2. The summed E-state index contributed by atoms with van der Waals surface area (Å²) < 4.78 is 0. The van der Waals surface area contributed by atoms with E-state index < -0.39 is 0 Å². The van der Waals surface area contributed by atoms with Crippen LogP contribution in [0.15, 0.2) is 24.3 Å². The van der Waals surface area contributed by atoms with E-state index in [-0.39, 0.29) is 11.4 Å². The topological polar surface area (TPSA) is 32.3 Å². The maximum atomic E-state index is 12.1. The highest BCUT2D eigenvalue weighted by Crippen LogP contribution is 2.22. The van der Waals surface area contributed by atoms with Crippen molar-refractivity contribution in [1.82, 2.24) is 10.2 Å². The van der Waals surface area contributed by atoms with E-state index in [2.05, 4.69) is 38.2 Å². The van der Waals surface area contributed by atoms with Gasteiger partial charge in [-0.05, 0) is 31.9 Å². The third-order valence-corrected chi connectivity index (χ3v) is 3.19. The van der Waals surface area contributed by atoms with Gasteiger partial charge in [-0.2, -0.15) is 0 Å². The van der Waals surface area contributed by atoms with Gasteiger partial charge in [0.05, 0.1) is 0 Å². The van der Waals surface area contributed by atoms with E-state index >= 15 is 0 Å². The van der Waals surface area contributed by atoms with Crippen LogP contribution in [-0.2, 0) is 17.9 Å². The van der Waals surface area contributed by atoms with Crippen LogP contribution in [0, 0.1) is 0 Å². The lowest BCUT2D eigenvalue weighted by Crippen LogP contribution is -2.38. The maximum Gasteiger partial charge on any atom is 0.224 e. The molecule has 0 spiro atoms. The summed E-state index contributed by atoms with van der Waals surface area (Å²) in [5.41, 5.74) is 2.65. The van der Waals surface area contributed by atoms with Crippen LogP contribution in [0.5, 0.6) is 0 Å². The molecule has 0 aliphatic carbocycles.